The molecule has 0 atom stereocenters. The molecule has 0 radical (unpaired) electrons. The number of para-hydroxylation sites is 1. The van der Waals surface area contributed by atoms with Gasteiger partial charge in [0.05, 0.1) is 5.56 Å². The van der Waals surface area contributed by atoms with Gasteiger partial charge in [0.1, 0.15) is 6.54 Å². The lowest BCUT2D eigenvalue weighted by molar-refractivity contribution is 0.0735. The molecule has 1 fully saturated rings. The van der Waals surface area contributed by atoms with Crippen molar-refractivity contribution in [2.75, 3.05) is 24.5 Å². The lowest BCUT2D eigenvalue weighted by Gasteiger charge is -2.24. The van der Waals surface area contributed by atoms with E-state index in [0.29, 0.717) is 24.8 Å². The van der Waals surface area contributed by atoms with Gasteiger partial charge in [-0.3, -0.25) is 4.79 Å². The van der Waals surface area contributed by atoms with Crippen LogP contribution in [0.3, 0.4) is 0 Å². The number of amides is 1. The van der Waals surface area contributed by atoms with Crippen LogP contribution < -0.4 is 4.90 Å². The highest BCUT2D eigenvalue weighted by atomic mass is 16.5. The zero-order valence-corrected chi connectivity index (χ0v) is 14.4. The summed E-state index contributed by atoms with van der Waals surface area (Å²) >= 11 is 0. The van der Waals surface area contributed by atoms with Gasteiger partial charge >= 0.3 is 0 Å². The summed E-state index contributed by atoms with van der Waals surface area (Å²) in [7, 11) is 0. The molecular weight excluding hydrogens is 304 g/mol. The Morgan fingerprint density at radius 3 is 2.67 bits per heavy atom. The molecule has 2 heterocycles. The number of benzene rings is 1. The number of anilines is 1. The molecule has 1 amide bonds. The molecule has 0 saturated carbocycles. The van der Waals surface area contributed by atoms with E-state index in [0.717, 1.165) is 30.8 Å². The van der Waals surface area contributed by atoms with Crippen LogP contribution in [0.4, 0.5) is 5.69 Å². The van der Waals surface area contributed by atoms with Crippen LogP contribution in [-0.2, 0) is 13.0 Å². The number of hydrogen-bond acceptors (Lipinski definition) is 5. The minimum absolute atomic E-state index is 0.0104. The molecule has 0 N–H and O–H groups in total. The number of rotatable bonds is 6. The first-order valence-corrected chi connectivity index (χ1v) is 8.67. The fourth-order valence-corrected chi connectivity index (χ4v) is 3.05. The predicted octanol–water partition coefficient (Wildman–Crippen LogP) is 2.89. The summed E-state index contributed by atoms with van der Waals surface area (Å²) in [6.45, 7) is 6.91. The van der Waals surface area contributed by atoms with E-state index in [2.05, 4.69) is 15.0 Å². The van der Waals surface area contributed by atoms with E-state index in [1.807, 2.05) is 38.1 Å². The summed E-state index contributed by atoms with van der Waals surface area (Å²) in [4.78, 5) is 21.4. The van der Waals surface area contributed by atoms with E-state index < -0.39 is 0 Å². The lowest BCUT2D eigenvalue weighted by Crippen LogP contribution is -2.32. The SMILES string of the molecule is CCc1noc(CN(CC)C(=O)c2ccccc2N2CCCC2)n1. The van der Waals surface area contributed by atoms with Crippen molar-refractivity contribution in [2.45, 2.75) is 39.7 Å². The Hall–Kier alpha value is -2.37. The van der Waals surface area contributed by atoms with E-state index in [1.54, 1.807) is 4.90 Å². The van der Waals surface area contributed by atoms with Crippen LogP contribution in [0.25, 0.3) is 0 Å². The normalized spacial score (nSPS) is 14.2. The first-order valence-electron chi connectivity index (χ1n) is 8.67. The lowest BCUT2D eigenvalue weighted by atomic mass is 10.1. The first-order chi connectivity index (χ1) is 11.7. The Morgan fingerprint density at radius 2 is 2.00 bits per heavy atom. The van der Waals surface area contributed by atoms with Crippen molar-refractivity contribution in [3.05, 3.63) is 41.5 Å². The van der Waals surface area contributed by atoms with Gasteiger partial charge in [-0.05, 0) is 31.9 Å². The van der Waals surface area contributed by atoms with Gasteiger partial charge in [0, 0.05) is 31.7 Å². The van der Waals surface area contributed by atoms with Crippen LogP contribution in [0.2, 0.25) is 0 Å². The predicted molar refractivity (Wildman–Crippen MR) is 92.0 cm³/mol. The van der Waals surface area contributed by atoms with Crippen LogP contribution in [0.1, 0.15) is 48.8 Å². The molecule has 0 spiro atoms. The Morgan fingerprint density at radius 1 is 1.25 bits per heavy atom. The minimum atomic E-state index is 0.0104. The Labute approximate surface area is 142 Å². The van der Waals surface area contributed by atoms with Crippen LogP contribution in [0.5, 0.6) is 0 Å². The third-order valence-electron chi connectivity index (χ3n) is 4.40. The van der Waals surface area contributed by atoms with E-state index in [1.165, 1.54) is 12.8 Å². The van der Waals surface area contributed by atoms with Gasteiger partial charge in [-0.25, -0.2) is 0 Å². The van der Waals surface area contributed by atoms with Crippen LogP contribution in [0.15, 0.2) is 28.8 Å². The standard InChI is InChI=1S/C18H24N4O2/c1-3-16-19-17(24-20-16)13-21(4-2)18(23)14-9-5-6-10-15(14)22-11-7-8-12-22/h5-6,9-10H,3-4,7-8,11-13H2,1-2H3. The van der Waals surface area contributed by atoms with E-state index in [-0.39, 0.29) is 5.91 Å². The second-order valence-electron chi connectivity index (χ2n) is 5.99. The molecule has 128 valence electrons. The van der Waals surface area contributed by atoms with Gasteiger partial charge in [0.15, 0.2) is 5.82 Å². The zero-order valence-electron chi connectivity index (χ0n) is 14.4. The number of carbonyl (C=O) groups excluding carboxylic acids is 1. The zero-order chi connectivity index (χ0) is 16.9. The topological polar surface area (TPSA) is 62.5 Å². The van der Waals surface area contributed by atoms with Crippen LogP contribution >= 0.6 is 0 Å². The number of carbonyl (C=O) groups is 1. The van der Waals surface area contributed by atoms with E-state index in [4.69, 9.17) is 4.52 Å². The molecule has 1 aromatic heterocycles. The third kappa shape index (κ3) is 3.42. The summed E-state index contributed by atoms with van der Waals surface area (Å²) in [5, 5.41) is 3.90. The number of aromatic nitrogens is 2. The molecule has 1 aromatic carbocycles. The summed E-state index contributed by atoms with van der Waals surface area (Å²) in [5.74, 6) is 1.17. The molecule has 1 aliphatic rings. The Kier molecular flexibility index (Phi) is 5.13. The van der Waals surface area contributed by atoms with Gasteiger partial charge in [-0.1, -0.05) is 24.2 Å². The van der Waals surface area contributed by atoms with Crippen molar-refractivity contribution in [3.63, 3.8) is 0 Å². The number of aryl methyl sites for hydroxylation is 1. The van der Waals surface area contributed by atoms with Gasteiger partial charge in [0.25, 0.3) is 5.91 Å². The molecule has 6 heteroatoms. The average Bonchev–Trinajstić information content (AvgIpc) is 3.30. The molecule has 24 heavy (non-hydrogen) atoms. The second-order valence-corrected chi connectivity index (χ2v) is 5.99. The molecule has 0 bridgehead atoms. The highest BCUT2D eigenvalue weighted by molar-refractivity contribution is 5.99. The van der Waals surface area contributed by atoms with Gasteiger partial charge in [-0.2, -0.15) is 4.98 Å². The molecule has 1 saturated heterocycles. The highest BCUT2D eigenvalue weighted by Gasteiger charge is 2.23. The first kappa shape index (κ1) is 16.5. The maximum Gasteiger partial charge on any atom is 0.256 e. The average molecular weight is 328 g/mol. The maximum atomic E-state index is 13.0. The highest BCUT2D eigenvalue weighted by Crippen LogP contribution is 2.26. The van der Waals surface area contributed by atoms with E-state index in [9.17, 15) is 4.79 Å². The van der Waals surface area contributed by atoms with Crippen molar-refractivity contribution in [3.8, 4) is 0 Å². The van der Waals surface area contributed by atoms with E-state index >= 15 is 0 Å². The number of hydrogen-bond donors (Lipinski definition) is 0. The largest absolute Gasteiger partial charge is 0.371 e. The molecule has 6 nitrogen and oxygen atoms in total. The molecule has 1 aliphatic heterocycles. The van der Waals surface area contributed by atoms with Gasteiger partial charge in [-0.15, -0.1) is 0 Å². The van der Waals surface area contributed by atoms with Crippen molar-refractivity contribution in [1.82, 2.24) is 15.0 Å². The van der Waals surface area contributed by atoms with Crippen LogP contribution in [-0.4, -0.2) is 40.6 Å². The van der Waals surface area contributed by atoms with Crippen LogP contribution in [0, 0.1) is 0 Å². The molecular formula is C18H24N4O2. The molecule has 0 unspecified atom stereocenters. The van der Waals surface area contributed by atoms with Crippen molar-refractivity contribution in [2.24, 2.45) is 0 Å². The fraction of sp³-hybridized carbons (Fsp3) is 0.500. The van der Waals surface area contributed by atoms with Gasteiger partial charge < -0.3 is 14.3 Å². The third-order valence-corrected chi connectivity index (χ3v) is 4.40. The summed E-state index contributed by atoms with van der Waals surface area (Å²) in [6, 6.07) is 7.85. The summed E-state index contributed by atoms with van der Waals surface area (Å²) < 4.78 is 5.24. The Balaban J connectivity index is 1.81. The van der Waals surface area contributed by atoms with Crippen molar-refractivity contribution < 1.29 is 9.32 Å². The fourth-order valence-electron chi connectivity index (χ4n) is 3.05. The monoisotopic (exact) mass is 328 g/mol. The van der Waals surface area contributed by atoms with Crippen molar-refractivity contribution >= 4 is 11.6 Å². The Bertz CT molecular complexity index is 692. The molecule has 0 aliphatic carbocycles. The van der Waals surface area contributed by atoms with Gasteiger partial charge in [0.2, 0.25) is 5.89 Å². The second kappa shape index (κ2) is 7.47. The molecule has 3 rings (SSSR count). The maximum absolute atomic E-state index is 13.0. The quantitative estimate of drug-likeness (QED) is 0.816. The summed E-state index contributed by atoms with van der Waals surface area (Å²) in [5.41, 5.74) is 1.77. The smallest absolute Gasteiger partial charge is 0.256 e. The molecule has 2 aromatic rings. The minimum Gasteiger partial charge on any atom is -0.371 e. The summed E-state index contributed by atoms with van der Waals surface area (Å²) in [6.07, 6.45) is 3.09. The number of nitrogens with zero attached hydrogens (tertiary/aromatic N) is 4. The van der Waals surface area contributed by atoms with Crippen molar-refractivity contribution in [1.29, 1.82) is 0 Å².